The van der Waals surface area contributed by atoms with Gasteiger partial charge in [-0.2, -0.15) is 0 Å². The molecule has 0 amide bonds. The number of phenols is 1. The minimum Gasteiger partial charge on any atom is -0.505 e. The Labute approximate surface area is 171 Å². The van der Waals surface area contributed by atoms with Crippen LogP contribution in [0.2, 0.25) is 10.0 Å². The van der Waals surface area contributed by atoms with Crippen molar-refractivity contribution >= 4 is 40.7 Å². The highest BCUT2D eigenvalue weighted by Gasteiger charge is 2.43. The number of allylic oxidation sites excluding steroid dienone is 2. The maximum absolute atomic E-state index is 13.2. The molecule has 1 atom stereocenters. The first-order chi connectivity index (χ1) is 13.3. The lowest BCUT2D eigenvalue weighted by Crippen LogP contribution is -2.29. The van der Waals surface area contributed by atoms with Crippen LogP contribution >= 0.6 is 23.2 Å². The van der Waals surface area contributed by atoms with Crippen LogP contribution in [0.5, 0.6) is 5.75 Å². The highest BCUT2D eigenvalue weighted by molar-refractivity contribution is 6.37. The Morgan fingerprint density at radius 2 is 1.75 bits per heavy atom. The molecule has 0 unspecified atom stereocenters. The number of rotatable bonds is 2. The predicted octanol–water partition coefficient (Wildman–Crippen LogP) is 4.44. The molecular formula is C21H15Cl2NO4. The lowest BCUT2D eigenvalue weighted by Gasteiger charge is -2.29. The number of ketones is 1. The zero-order valence-corrected chi connectivity index (χ0v) is 16.5. The quantitative estimate of drug-likeness (QED) is 0.708. The summed E-state index contributed by atoms with van der Waals surface area (Å²) in [5.41, 5.74) is 3.77. The Kier molecular flexibility index (Phi) is 4.44. The Hall–Kier alpha value is -2.76. The monoisotopic (exact) mass is 415 g/mol. The van der Waals surface area contributed by atoms with E-state index in [1.807, 2.05) is 12.1 Å². The average Bonchev–Trinajstić information content (AvgIpc) is 2.96. The molecule has 1 aliphatic carbocycles. The molecule has 0 fully saturated rings. The molecule has 0 radical (unpaired) electrons. The molecule has 0 saturated heterocycles. The number of halogens is 2. The highest BCUT2D eigenvalue weighted by Crippen LogP contribution is 2.48. The molecule has 1 heterocycles. The second-order valence-electron chi connectivity index (χ2n) is 6.58. The molecule has 142 valence electrons. The van der Waals surface area contributed by atoms with E-state index in [9.17, 15) is 14.7 Å². The van der Waals surface area contributed by atoms with Crippen LogP contribution < -0.4 is 5.32 Å². The number of carbonyl (C=O) groups excluding carboxylic acids is 2. The minimum atomic E-state index is -0.737. The molecule has 4 rings (SSSR count). The van der Waals surface area contributed by atoms with Gasteiger partial charge in [-0.1, -0.05) is 47.5 Å². The number of ether oxygens (including phenoxy) is 1. The maximum atomic E-state index is 13.2. The summed E-state index contributed by atoms with van der Waals surface area (Å²) in [5.74, 6) is -1.74. The van der Waals surface area contributed by atoms with Crippen LogP contribution in [0.3, 0.4) is 0 Å². The van der Waals surface area contributed by atoms with Gasteiger partial charge in [0.05, 0.1) is 28.4 Å². The largest absolute Gasteiger partial charge is 0.505 e. The zero-order chi connectivity index (χ0) is 20.2. The van der Waals surface area contributed by atoms with Crippen LogP contribution in [-0.4, -0.2) is 24.0 Å². The van der Waals surface area contributed by atoms with Gasteiger partial charge in [-0.15, -0.1) is 0 Å². The number of hydrogen-bond acceptors (Lipinski definition) is 5. The third-order valence-corrected chi connectivity index (χ3v) is 5.60. The minimum absolute atomic E-state index is 0.0352. The van der Waals surface area contributed by atoms with Gasteiger partial charge in [0.25, 0.3) is 0 Å². The summed E-state index contributed by atoms with van der Waals surface area (Å²) in [6, 6.07) is 10.3. The fourth-order valence-corrected chi connectivity index (χ4v) is 4.30. The van der Waals surface area contributed by atoms with Crippen LogP contribution in [-0.2, 0) is 9.53 Å². The summed E-state index contributed by atoms with van der Waals surface area (Å²) < 4.78 is 4.97. The van der Waals surface area contributed by atoms with E-state index in [2.05, 4.69) is 5.32 Å². The van der Waals surface area contributed by atoms with Crippen molar-refractivity contribution in [3.05, 3.63) is 80.0 Å². The second-order valence-corrected chi connectivity index (χ2v) is 7.40. The Morgan fingerprint density at radius 3 is 2.36 bits per heavy atom. The van der Waals surface area contributed by atoms with Crippen LogP contribution in [0.1, 0.15) is 34.3 Å². The number of carbonyl (C=O) groups is 2. The zero-order valence-electron chi connectivity index (χ0n) is 15.0. The van der Waals surface area contributed by atoms with Gasteiger partial charge < -0.3 is 15.2 Å². The number of methoxy groups -OCH3 is 1. The van der Waals surface area contributed by atoms with Crippen LogP contribution in [0, 0.1) is 0 Å². The first-order valence-corrected chi connectivity index (χ1v) is 9.23. The number of dihydropyridines is 1. The van der Waals surface area contributed by atoms with E-state index >= 15 is 0 Å². The molecule has 1 aliphatic heterocycles. The first-order valence-electron chi connectivity index (χ1n) is 8.47. The van der Waals surface area contributed by atoms with Gasteiger partial charge in [0.1, 0.15) is 0 Å². The number of esters is 1. The summed E-state index contributed by atoms with van der Waals surface area (Å²) in [6.07, 6.45) is 0. The number of nitrogens with one attached hydrogen (secondary N) is 1. The summed E-state index contributed by atoms with van der Waals surface area (Å²) in [4.78, 5) is 25.8. The summed E-state index contributed by atoms with van der Waals surface area (Å²) in [7, 11) is 1.28. The van der Waals surface area contributed by atoms with Gasteiger partial charge in [0.15, 0.2) is 11.5 Å². The van der Waals surface area contributed by atoms with Crippen molar-refractivity contribution in [3.8, 4) is 5.75 Å². The van der Waals surface area contributed by atoms with E-state index in [0.29, 0.717) is 33.7 Å². The van der Waals surface area contributed by atoms with Crippen molar-refractivity contribution in [3.63, 3.8) is 0 Å². The molecule has 2 aromatic carbocycles. The molecule has 0 bridgehead atoms. The van der Waals surface area contributed by atoms with Gasteiger partial charge in [0.2, 0.25) is 0 Å². The van der Waals surface area contributed by atoms with E-state index < -0.39 is 11.9 Å². The normalized spacial score (nSPS) is 18.0. The molecule has 7 heteroatoms. The summed E-state index contributed by atoms with van der Waals surface area (Å²) >= 11 is 12.2. The maximum Gasteiger partial charge on any atom is 0.336 e. The number of Topliss-reactive ketones (excluding diaryl/α,β-unsaturated/α-hetero) is 1. The second kappa shape index (κ2) is 6.69. The molecule has 5 nitrogen and oxygen atoms in total. The standard InChI is InChI=1S/C21H15Cl2NO4/c1-9-15(21(27)28-2)16(10-7-13(22)20(26)14(23)8-10)17-18(24-9)11-5-3-4-6-12(11)19(17)25/h3-8,16,24,26H,1-2H3/t16-/m0/s1. The summed E-state index contributed by atoms with van der Waals surface area (Å²) in [6.45, 7) is 1.75. The van der Waals surface area contributed by atoms with Crippen LogP contribution in [0.15, 0.2) is 53.2 Å². The highest BCUT2D eigenvalue weighted by atomic mass is 35.5. The van der Waals surface area contributed by atoms with Gasteiger partial charge in [0, 0.05) is 28.3 Å². The topological polar surface area (TPSA) is 75.6 Å². The van der Waals surface area contributed by atoms with Crippen molar-refractivity contribution < 1.29 is 19.4 Å². The lowest BCUT2D eigenvalue weighted by atomic mass is 9.80. The molecule has 2 aliphatic rings. The SMILES string of the molecule is COC(=O)C1=C(C)NC2=C(C(=O)c3ccccc32)[C@H]1c1cc(Cl)c(O)c(Cl)c1. The molecule has 0 aromatic heterocycles. The third kappa shape index (κ3) is 2.62. The fraction of sp³-hybridized carbons (Fsp3) is 0.143. The number of hydrogen-bond donors (Lipinski definition) is 2. The van der Waals surface area contributed by atoms with Gasteiger partial charge in [-0.05, 0) is 24.6 Å². The molecule has 0 spiro atoms. The van der Waals surface area contributed by atoms with Crippen molar-refractivity contribution in [1.29, 1.82) is 0 Å². The van der Waals surface area contributed by atoms with E-state index in [4.69, 9.17) is 27.9 Å². The molecule has 28 heavy (non-hydrogen) atoms. The van der Waals surface area contributed by atoms with E-state index in [-0.39, 0.29) is 21.6 Å². The number of phenolic OH excluding ortho intramolecular Hbond substituents is 1. The number of benzene rings is 2. The van der Waals surface area contributed by atoms with Gasteiger partial charge in [-0.3, -0.25) is 4.79 Å². The average molecular weight is 416 g/mol. The number of fused-ring (bicyclic) bond motifs is 2. The predicted molar refractivity (Wildman–Crippen MR) is 106 cm³/mol. The third-order valence-electron chi connectivity index (χ3n) is 5.03. The molecule has 2 N–H and O–H groups in total. The van der Waals surface area contributed by atoms with Gasteiger partial charge >= 0.3 is 5.97 Å². The van der Waals surface area contributed by atoms with Gasteiger partial charge in [-0.25, -0.2) is 4.79 Å². The van der Waals surface area contributed by atoms with Crippen molar-refractivity contribution in [2.45, 2.75) is 12.8 Å². The molecule has 2 aromatic rings. The van der Waals surface area contributed by atoms with Crippen molar-refractivity contribution in [1.82, 2.24) is 5.32 Å². The van der Waals surface area contributed by atoms with E-state index in [1.54, 1.807) is 19.1 Å². The molecule has 0 saturated carbocycles. The van der Waals surface area contributed by atoms with Crippen LogP contribution in [0.25, 0.3) is 5.70 Å². The van der Waals surface area contributed by atoms with Crippen LogP contribution in [0.4, 0.5) is 0 Å². The smallest absolute Gasteiger partial charge is 0.336 e. The Morgan fingerprint density at radius 1 is 1.14 bits per heavy atom. The van der Waals surface area contributed by atoms with E-state index in [1.165, 1.54) is 19.2 Å². The number of aromatic hydroxyl groups is 1. The lowest BCUT2D eigenvalue weighted by molar-refractivity contribution is -0.136. The van der Waals surface area contributed by atoms with E-state index in [0.717, 1.165) is 5.56 Å². The Balaban J connectivity index is 1.99. The van der Waals surface area contributed by atoms with Crippen molar-refractivity contribution in [2.24, 2.45) is 0 Å². The molecular weight excluding hydrogens is 401 g/mol. The van der Waals surface area contributed by atoms with Crippen molar-refractivity contribution in [2.75, 3.05) is 7.11 Å². The fourth-order valence-electron chi connectivity index (χ4n) is 3.79. The first kappa shape index (κ1) is 18.6. The Bertz CT molecular complexity index is 1090. The summed E-state index contributed by atoms with van der Waals surface area (Å²) in [5, 5.41) is 13.2.